The van der Waals surface area contributed by atoms with Crippen LogP contribution in [-0.2, 0) is 11.2 Å². The number of nitrogens with zero attached hydrogens (tertiary/aromatic N) is 1. The minimum atomic E-state index is -0.00761. The molecule has 0 unspecified atom stereocenters. The van der Waals surface area contributed by atoms with Gasteiger partial charge in [0.05, 0.1) is 13.0 Å². The van der Waals surface area contributed by atoms with E-state index in [0.29, 0.717) is 30.6 Å². The number of carbonyl (C=O) groups excluding carboxylic acids is 2. The van der Waals surface area contributed by atoms with Crippen molar-refractivity contribution in [1.29, 1.82) is 0 Å². The van der Waals surface area contributed by atoms with Crippen LogP contribution in [-0.4, -0.2) is 42.5 Å². The largest absolute Gasteiger partial charge is 0.493 e. The summed E-state index contributed by atoms with van der Waals surface area (Å²) >= 11 is 0. The zero-order valence-electron chi connectivity index (χ0n) is 17.6. The van der Waals surface area contributed by atoms with E-state index in [9.17, 15) is 9.59 Å². The third kappa shape index (κ3) is 5.41. The van der Waals surface area contributed by atoms with Gasteiger partial charge in [0.25, 0.3) is 5.91 Å². The number of carbonyl (C=O) groups is 2. The van der Waals surface area contributed by atoms with Crippen LogP contribution in [0.25, 0.3) is 0 Å². The van der Waals surface area contributed by atoms with Crippen LogP contribution in [0.4, 0.5) is 0 Å². The summed E-state index contributed by atoms with van der Waals surface area (Å²) in [6.45, 7) is 4.28. The summed E-state index contributed by atoms with van der Waals surface area (Å²) in [5, 5.41) is 2.99. The number of likely N-dealkylation sites (tertiary alicyclic amines) is 1. The Morgan fingerprint density at radius 3 is 2.37 bits per heavy atom. The molecule has 1 N–H and O–H groups in total. The maximum Gasteiger partial charge on any atom is 0.251 e. The molecule has 1 heterocycles. The van der Waals surface area contributed by atoms with Crippen LogP contribution in [0.1, 0.15) is 47.2 Å². The lowest BCUT2D eigenvalue weighted by Crippen LogP contribution is -2.40. The van der Waals surface area contributed by atoms with Gasteiger partial charge >= 0.3 is 0 Å². The van der Waals surface area contributed by atoms with Crippen molar-refractivity contribution in [2.75, 3.05) is 19.7 Å². The van der Waals surface area contributed by atoms with E-state index in [1.807, 2.05) is 47.4 Å². The van der Waals surface area contributed by atoms with Crippen LogP contribution >= 0.6 is 0 Å². The summed E-state index contributed by atoms with van der Waals surface area (Å²) < 4.78 is 5.95. The molecular weight excluding hydrogens is 376 g/mol. The Hall–Kier alpha value is -2.82. The monoisotopic (exact) mass is 406 g/mol. The molecule has 4 rings (SSSR count). The van der Waals surface area contributed by atoms with Gasteiger partial charge in [0.2, 0.25) is 5.91 Å². The molecule has 0 atom stereocenters. The molecule has 2 aromatic rings. The van der Waals surface area contributed by atoms with Gasteiger partial charge < -0.3 is 15.0 Å². The molecule has 2 aliphatic rings. The lowest BCUT2D eigenvalue weighted by molar-refractivity contribution is -0.132. The molecule has 5 nitrogen and oxygen atoms in total. The number of ether oxygens (including phenoxy) is 1. The number of benzene rings is 2. The molecular formula is C25H30N2O3. The average Bonchev–Trinajstić information content (AvgIpc) is 3.58. The summed E-state index contributed by atoms with van der Waals surface area (Å²) in [5.41, 5.74) is 2.96. The van der Waals surface area contributed by atoms with Gasteiger partial charge in [-0.2, -0.15) is 0 Å². The molecule has 1 aliphatic carbocycles. The highest BCUT2D eigenvalue weighted by Crippen LogP contribution is 2.22. The second kappa shape index (κ2) is 9.33. The Labute approximate surface area is 178 Å². The molecule has 0 radical (unpaired) electrons. The molecule has 2 amide bonds. The van der Waals surface area contributed by atoms with E-state index < -0.39 is 0 Å². The van der Waals surface area contributed by atoms with Crippen molar-refractivity contribution in [3.05, 3.63) is 65.2 Å². The highest BCUT2D eigenvalue weighted by atomic mass is 16.5. The van der Waals surface area contributed by atoms with Crippen LogP contribution in [0.3, 0.4) is 0 Å². The van der Waals surface area contributed by atoms with Crippen LogP contribution in [0.15, 0.2) is 48.5 Å². The van der Waals surface area contributed by atoms with E-state index in [1.54, 1.807) is 0 Å². The molecule has 0 bridgehead atoms. The van der Waals surface area contributed by atoms with Crippen molar-refractivity contribution in [3.63, 3.8) is 0 Å². The van der Waals surface area contributed by atoms with Gasteiger partial charge in [-0.1, -0.05) is 24.3 Å². The van der Waals surface area contributed by atoms with Crippen molar-refractivity contribution in [3.8, 4) is 5.75 Å². The molecule has 1 aliphatic heterocycles. The van der Waals surface area contributed by atoms with Gasteiger partial charge in [-0.3, -0.25) is 9.59 Å². The second-order valence-electron chi connectivity index (χ2n) is 8.51. The third-order valence-electron chi connectivity index (χ3n) is 6.08. The second-order valence-corrected chi connectivity index (χ2v) is 8.51. The van der Waals surface area contributed by atoms with Crippen LogP contribution in [0.5, 0.6) is 5.75 Å². The van der Waals surface area contributed by atoms with Gasteiger partial charge in [-0.05, 0) is 73.9 Å². The minimum absolute atomic E-state index is 0.00761. The van der Waals surface area contributed by atoms with Gasteiger partial charge in [0, 0.05) is 24.7 Å². The van der Waals surface area contributed by atoms with Crippen LogP contribution < -0.4 is 10.1 Å². The smallest absolute Gasteiger partial charge is 0.251 e. The Kier molecular flexibility index (Phi) is 6.36. The quantitative estimate of drug-likeness (QED) is 0.762. The number of hydrogen-bond donors (Lipinski definition) is 1. The SMILES string of the molecule is Cc1ccccc1CC(=O)N1CCC(COc2ccc(C(=O)NC3CC3)cc2)CC1. The summed E-state index contributed by atoms with van der Waals surface area (Å²) in [6, 6.07) is 15.8. The van der Waals surface area contributed by atoms with Gasteiger partial charge in [-0.25, -0.2) is 0 Å². The lowest BCUT2D eigenvalue weighted by atomic mass is 9.97. The Bertz CT molecular complexity index is 882. The summed E-state index contributed by atoms with van der Waals surface area (Å²) in [5.74, 6) is 1.44. The molecule has 5 heteroatoms. The van der Waals surface area contributed by atoms with E-state index in [-0.39, 0.29) is 11.8 Å². The minimum Gasteiger partial charge on any atom is -0.493 e. The number of rotatable bonds is 7. The number of aryl methyl sites for hydroxylation is 1. The lowest BCUT2D eigenvalue weighted by Gasteiger charge is -2.32. The fraction of sp³-hybridized carbons (Fsp3) is 0.440. The number of nitrogens with one attached hydrogen (secondary N) is 1. The van der Waals surface area contributed by atoms with E-state index in [4.69, 9.17) is 4.74 Å². The topological polar surface area (TPSA) is 58.6 Å². The first kappa shape index (κ1) is 20.5. The van der Waals surface area contributed by atoms with Crippen molar-refractivity contribution in [1.82, 2.24) is 10.2 Å². The highest BCUT2D eigenvalue weighted by molar-refractivity contribution is 5.94. The van der Waals surface area contributed by atoms with Gasteiger partial charge in [0.1, 0.15) is 5.75 Å². The van der Waals surface area contributed by atoms with Crippen molar-refractivity contribution in [2.24, 2.45) is 5.92 Å². The number of hydrogen-bond acceptors (Lipinski definition) is 3. The fourth-order valence-corrected chi connectivity index (χ4v) is 3.85. The Morgan fingerprint density at radius 1 is 1.00 bits per heavy atom. The molecule has 0 aromatic heterocycles. The summed E-state index contributed by atoms with van der Waals surface area (Å²) in [4.78, 5) is 26.7. The average molecular weight is 407 g/mol. The van der Waals surface area contributed by atoms with Crippen LogP contribution in [0.2, 0.25) is 0 Å². The predicted octanol–water partition coefficient (Wildman–Crippen LogP) is 3.75. The standard InChI is InChI=1S/C25H30N2O3/c1-18-4-2-3-5-21(18)16-24(28)27-14-12-19(13-15-27)17-30-23-10-6-20(7-11-23)25(29)26-22-8-9-22/h2-7,10-11,19,22H,8-9,12-17H2,1H3,(H,26,29). The first-order valence-electron chi connectivity index (χ1n) is 10.9. The Balaban J connectivity index is 1.20. The summed E-state index contributed by atoms with van der Waals surface area (Å²) in [7, 11) is 0. The molecule has 158 valence electrons. The fourth-order valence-electron chi connectivity index (χ4n) is 3.85. The number of piperidine rings is 1. The van der Waals surface area contributed by atoms with E-state index in [2.05, 4.69) is 18.3 Å². The number of amides is 2. The summed E-state index contributed by atoms with van der Waals surface area (Å²) in [6.07, 6.45) is 4.57. The first-order valence-corrected chi connectivity index (χ1v) is 10.9. The molecule has 0 spiro atoms. The predicted molar refractivity (Wildman–Crippen MR) is 117 cm³/mol. The maximum atomic E-state index is 12.6. The van der Waals surface area contributed by atoms with Gasteiger partial charge in [0.15, 0.2) is 0 Å². The van der Waals surface area contributed by atoms with Crippen molar-refractivity contribution < 1.29 is 14.3 Å². The maximum absolute atomic E-state index is 12.6. The zero-order chi connectivity index (χ0) is 20.9. The molecule has 1 saturated heterocycles. The molecule has 30 heavy (non-hydrogen) atoms. The first-order chi connectivity index (χ1) is 14.6. The van der Waals surface area contributed by atoms with Crippen molar-refractivity contribution in [2.45, 2.75) is 45.1 Å². The normalized spacial score (nSPS) is 16.9. The Morgan fingerprint density at radius 2 is 1.70 bits per heavy atom. The van der Waals surface area contributed by atoms with Gasteiger partial charge in [-0.15, -0.1) is 0 Å². The van der Waals surface area contributed by atoms with Crippen molar-refractivity contribution >= 4 is 11.8 Å². The zero-order valence-corrected chi connectivity index (χ0v) is 17.6. The van der Waals surface area contributed by atoms with E-state index in [0.717, 1.165) is 50.1 Å². The highest BCUT2D eigenvalue weighted by Gasteiger charge is 2.25. The molecule has 2 fully saturated rings. The van der Waals surface area contributed by atoms with Crippen LogP contribution in [0, 0.1) is 12.8 Å². The third-order valence-corrected chi connectivity index (χ3v) is 6.08. The van der Waals surface area contributed by atoms with E-state index in [1.165, 1.54) is 5.56 Å². The molecule has 1 saturated carbocycles. The molecule has 2 aromatic carbocycles. The van der Waals surface area contributed by atoms with E-state index >= 15 is 0 Å².